The van der Waals surface area contributed by atoms with Crippen molar-refractivity contribution in [1.82, 2.24) is 19.9 Å². The van der Waals surface area contributed by atoms with Gasteiger partial charge < -0.3 is 0 Å². The van der Waals surface area contributed by atoms with Crippen molar-refractivity contribution in [1.29, 1.82) is 0 Å². The molecular weight excluding hydrogens is 761 g/mol. The molecule has 0 aliphatic rings. The molecule has 0 unspecified atom stereocenters. The Morgan fingerprint density at radius 3 is 1.28 bits per heavy atom. The maximum atomic E-state index is 5.27. The van der Waals surface area contributed by atoms with Gasteiger partial charge in [-0.05, 0) is 51.6 Å². The molecule has 0 N–H and O–H groups in total. The highest BCUT2D eigenvalue weighted by Crippen LogP contribution is 2.50. The Kier molecular flexibility index (Phi) is 9.34. The highest BCUT2D eigenvalue weighted by atomic mass is 32.1. The Labute approximate surface area is 358 Å². The molecule has 0 fully saturated rings. The van der Waals surface area contributed by atoms with E-state index in [1.165, 1.54) is 26.1 Å². The molecule has 0 spiro atoms. The fraction of sp³-hybridized carbons (Fsp3) is 0. The van der Waals surface area contributed by atoms with Crippen LogP contribution in [0.3, 0.4) is 0 Å². The van der Waals surface area contributed by atoms with Gasteiger partial charge in [0.2, 0.25) is 0 Å². The second-order valence-corrected chi connectivity index (χ2v) is 16.0. The summed E-state index contributed by atoms with van der Waals surface area (Å²) in [5.74, 6) is 1.86. The van der Waals surface area contributed by atoms with Crippen LogP contribution in [0.5, 0.6) is 0 Å². The monoisotopic (exact) mass is 796 g/mol. The average molecular weight is 797 g/mol. The Morgan fingerprint density at radius 1 is 0.295 bits per heavy atom. The summed E-state index contributed by atoms with van der Waals surface area (Å²) < 4.78 is 1.17. The summed E-state index contributed by atoms with van der Waals surface area (Å²) in [6.07, 6.45) is 0. The first kappa shape index (κ1) is 36.2. The fourth-order valence-corrected chi connectivity index (χ4v) is 9.51. The summed E-state index contributed by atoms with van der Waals surface area (Å²) in [6.45, 7) is 0. The summed E-state index contributed by atoms with van der Waals surface area (Å²) in [6, 6.07) is 76.2. The zero-order valence-corrected chi connectivity index (χ0v) is 33.8. The second kappa shape index (κ2) is 15.7. The van der Waals surface area contributed by atoms with Crippen molar-refractivity contribution in [2.24, 2.45) is 0 Å². The number of hydrogen-bond donors (Lipinski definition) is 0. The number of para-hydroxylation sites is 1. The van der Waals surface area contributed by atoms with E-state index in [9.17, 15) is 0 Å². The highest BCUT2D eigenvalue weighted by Gasteiger charge is 2.22. The molecule has 0 aliphatic heterocycles. The van der Waals surface area contributed by atoms with E-state index in [1.807, 2.05) is 12.1 Å². The van der Waals surface area contributed by atoms with E-state index in [1.54, 1.807) is 11.3 Å². The Balaban J connectivity index is 1.07. The lowest BCUT2D eigenvalue weighted by atomic mass is 9.95. The van der Waals surface area contributed by atoms with Gasteiger partial charge in [-0.2, -0.15) is 0 Å². The third kappa shape index (κ3) is 6.97. The third-order valence-electron chi connectivity index (χ3n) is 11.1. The number of nitrogens with zero attached hydrogens (tertiary/aromatic N) is 4. The lowest BCUT2D eigenvalue weighted by Gasteiger charge is -2.11. The van der Waals surface area contributed by atoms with E-state index in [4.69, 9.17) is 19.9 Å². The first-order valence-electron chi connectivity index (χ1n) is 20.4. The Morgan fingerprint density at radius 2 is 0.721 bits per heavy atom. The van der Waals surface area contributed by atoms with E-state index in [2.05, 4.69) is 206 Å². The fourth-order valence-electron chi connectivity index (χ4n) is 8.15. The van der Waals surface area contributed by atoms with Gasteiger partial charge in [-0.1, -0.05) is 200 Å². The normalized spacial score (nSPS) is 11.3. The molecule has 5 heteroatoms. The summed E-state index contributed by atoms with van der Waals surface area (Å²) in [5, 5.41) is 2.37. The predicted molar refractivity (Wildman–Crippen MR) is 254 cm³/mol. The van der Waals surface area contributed by atoms with Crippen molar-refractivity contribution >= 4 is 32.3 Å². The number of fused-ring (bicyclic) bond motifs is 3. The van der Waals surface area contributed by atoms with Crippen molar-refractivity contribution in [2.45, 2.75) is 0 Å². The quantitative estimate of drug-likeness (QED) is 0.154. The maximum absolute atomic E-state index is 5.27. The van der Waals surface area contributed by atoms with E-state index in [-0.39, 0.29) is 0 Å². The number of hydrogen-bond acceptors (Lipinski definition) is 5. The number of pyridine rings is 1. The van der Waals surface area contributed by atoms with Crippen molar-refractivity contribution in [3.05, 3.63) is 218 Å². The number of benzene rings is 8. The van der Waals surface area contributed by atoms with Crippen LogP contribution in [0.25, 0.3) is 110 Å². The molecule has 0 bridgehead atoms. The smallest absolute Gasteiger partial charge is 0.164 e. The molecule has 4 nitrogen and oxygen atoms in total. The molecule has 8 aromatic carbocycles. The number of rotatable bonds is 8. The average Bonchev–Trinajstić information content (AvgIpc) is 3.76. The summed E-state index contributed by atoms with van der Waals surface area (Å²) in [5.41, 5.74) is 13.8. The molecule has 61 heavy (non-hydrogen) atoms. The zero-order valence-electron chi connectivity index (χ0n) is 33.0. The van der Waals surface area contributed by atoms with Crippen molar-refractivity contribution in [3.8, 4) is 89.2 Å². The molecule has 0 radical (unpaired) electrons. The second-order valence-electron chi connectivity index (χ2n) is 15.0. The lowest BCUT2D eigenvalue weighted by Crippen LogP contribution is -2.00. The van der Waals surface area contributed by atoms with Gasteiger partial charge in [-0.15, -0.1) is 11.3 Å². The first-order chi connectivity index (χ1) is 30.2. The Hall–Kier alpha value is -7.86. The molecule has 0 amide bonds. The molecule has 3 heterocycles. The molecular formula is C56H36N4S. The third-order valence-corrected chi connectivity index (χ3v) is 12.4. The summed E-state index contributed by atoms with van der Waals surface area (Å²) >= 11 is 1.80. The van der Waals surface area contributed by atoms with Crippen LogP contribution in [0, 0.1) is 0 Å². The SMILES string of the molecule is c1ccc(-c2cccc(-c3nc(-c4ccc(-c5sc6c(-c7ccccc7)nc7ccccc7c6c5-c5ccccc5)cc4)nc(-c4cccc(-c5ccccc5)c4)n3)c2)cc1. The van der Waals surface area contributed by atoms with Gasteiger partial charge in [0.15, 0.2) is 17.5 Å². The molecule has 11 rings (SSSR count). The first-order valence-corrected chi connectivity index (χ1v) is 21.2. The zero-order chi connectivity index (χ0) is 40.5. The highest BCUT2D eigenvalue weighted by molar-refractivity contribution is 7.23. The molecule has 3 aromatic heterocycles. The van der Waals surface area contributed by atoms with Crippen LogP contribution in [0.1, 0.15) is 0 Å². The van der Waals surface area contributed by atoms with E-state index < -0.39 is 0 Å². The van der Waals surface area contributed by atoms with Crippen molar-refractivity contribution in [3.63, 3.8) is 0 Å². The van der Waals surface area contributed by atoms with Gasteiger partial charge in [-0.25, -0.2) is 19.9 Å². The van der Waals surface area contributed by atoms with Gasteiger partial charge in [0.05, 0.1) is 15.9 Å². The molecule has 0 aliphatic carbocycles. The standard InChI is InChI=1S/C56H36N4S/c1-5-17-37(18-6-1)43-25-15-27-45(35-43)55-58-54(59-56(60-55)46-28-16-26-44(36-46)38-19-7-2-8-20-38)42-33-31-41(32-34-42)52-49(39-21-9-3-10-22-39)50-47-29-13-14-30-48(47)57-51(53(50)61-52)40-23-11-4-12-24-40/h1-36H. The van der Waals surface area contributed by atoms with Crippen LogP contribution in [-0.2, 0) is 0 Å². The topological polar surface area (TPSA) is 51.6 Å². The minimum absolute atomic E-state index is 0.614. The van der Waals surface area contributed by atoms with Gasteiger partial charge in [0, 0.05) is 43.5 Å². The summed E-state index contributed by atoms with van der Waals surface area (Å²) in [7, 11) is 0. The largest absolute Gasteiger partial charge is 0.246 e. The van der Waals surface area contributed by atoms with E-state index >= 15 is 0 Å². The van der Waals surface area contributed by atoms with Crippen molar-refractivity contribution in [2.75, 3.05) is 0 Å². The summed E-state index contributed by atoms with van der Waals surface area (Å²) in [4.78, 5) is 21.9. The predicted octanol–water partition coefficient (Wildman–Crippen LogP) is 15.0. The van der Waals surface area contributed by atoms with Gasteiger partial charge >= 0.3 is 0 Å². The minimum atomic E-state index is 0.614. The maximum Gasteiger partial charge on any atom is 0.164 e. The van der Waals surface area contributed by atoms with Gasteiger partial charge in [0.25, 0.3) is 0 Å². The van der Waals surface area contributed by atoms with Crippen molar-refractivity contribution < 1.29 is 0 Å². The molecule has 0 saturated heterocycles. The van der Waals surface area contributed by atoms with Crippen LogP contribution in [0.2, 0.25) is 0 Å². The van der Waals surface area contributed by atoms with E-state index in [0.29, 0.717) is 17.5 Å². The molecule has 11 aromatic rings. The van der Waals surface area contributed by atoms with Crippen LogP contribution in [-0.4, -0.2) is 19.9 Å². The van der Waals surface area contributed by atoms with Crippen LogP contribution >= 0.6 is 11.3 Å². The minimum Gasteiger partial charge on any atom is -0.246 e. The molecule has 286 valence electrons. The Bertz CT molecular complexity index is 3230. The van der Waals surface area contributed by atoms with Gasteiger partial charge in [-0.3, -0.25) is 0 Å². The molecule has 0 atom stereocenters. The molecule has 0 saturated carbocycles. The lowest BCUT2D eigenvalue weighted by molar-refractivity contribution is 1.07. The number of thiophene rings is 1. The van der Waals surface area contributed by atoms with E-state index in [0.717, 1.165) is 66.7 Å². The van der Waals surface area contributed by atoms with Crippen LogP contribution in [0.15, 0.2) is 218 Å². The number of aromatic nitrogens is 4. The van der Waals surface area contributed by atoms with Crippen LogP contribution < -0.4 is 0 Å². The van der Waals surface area contributed by atoms with Crippen LogP contribution in [0.4, 0.5) is 0 Å². The van der Waals surface area contributed by atoms with Gasteiger partial charge in [0.1, 0.15) is 0 Å².